The van der Waals surface area contributed by atoms with Gasteiger partial charge in [-0.15, -0.1) is 0 Å². The summed E-state index contributed by atoms with van der Waals surface area (Å²) < 4.78 is 0. The molecule has 0 aromatic carbocycles. The van der Waals surface area contributed by atoms with Crippen LogP contribution in [0, 0.1) is 11.3 Å². The van der Waals surface area contributed by atoms with Crippen molar-refractivity contribution in [1.82, 2.24) is 10.2 Å². The molecular weight excluding hydrogens is 292 g/mol. The molecule has 1 saturated heterocycles. The zero-order valence-corrected chi connectivity index (χ0v) is 14.1. The second kappa shape index (κ2) is 7.10. The predicted octanol–water partition coefficient (Wildman–Crippen LogP) is 3.39. The highest BCUT2D eigenvalue weighted by Gasteiger charge is 2.37. The molecule has 5 nitrogen and oxygen atoms in total. The Morgan fingerprint density at radius 2 is 1.52 bits per heavy atom. The number of nitrogens with zero attached hydrogens (tertiary/aromatic N) is 1. The first-order valence-electron chi connectivity index (χ1n) is 9.36. The van der Waals surface area contributed by atoms with Crippen LogP contribution >= 0.6 is 0 Å². The van der Waals surface area contributed by atoms with Crippen LogP contribution in [0.4, 0.5) is 4.79 Å². The second-order valence-corrected chi connectivity index (χ2v) is 7.88. The van der Waals surface area contributed by atoms with Gasteiger partial charge in [0.05, 0.1) is 5.92 Å². The van der Waals surface area contributed by atoms with E-state index in [1.807, 2.05) is 4.90 Å². The van der Waals surface area contributed by atoms with Crippen molar-refractivity contribution in [3.63, 3.8) is 0 Å². The van der Waals surface area contributed by atoms with Crippen LogP contribution in [0.15, 0.2) is 0 Å². The number of amides is 2. The van der Waals surface area contributed by atoms with Gasteiger partial charge in [-0.3, -0.25) is 4.79 Å². The molecule has 1 heterocycles. The normalized spacial score (nSPS) is 30.9. The summed E-state index contributed by atoms with van der Waals surface area (Å²) in [4.78, 5) is 25.4. The first-order valence-corrected chi connectivity index (χ1v) is 9.36. The molecule has 1 spiro atoms. The SMILES string of the molecule is O=C(O)C1CCC(NC(=O)N2CCC3(CCCCC3)CC2)CC1. The average molecular weight is 322 g/mol. The van der Waals surface area contributed by atoms with E-state index in [0.717, 1.165) is 38.8 Å². The van der Waals surface area contributed by atoms with Crippen LogP contribution in [-0.4, -0.2) is 41.1 Å². The summed E-state index contributed by atoms with van der Waals surface area (Å²) in [5.74, 6) is -0.909. The molecule has 2 N–H and O–H groups in total. The third kappa shape index (κ3) is 3.99. The minimum Gasteiger partial charge on any atom is -0.481 e. The number of piperidine rings is 1. The van der Waals surface area contributed by atoms with Crippen LogP contribution < -0.4 is 5.32 Å². The van der Waals surface area contributed by atoms with E-state index < -0.39 is 5.97 Å². The highest BCUT2D eigenvalue weighted by Crippen LogP contribution is 2.44. The molecule has 2 amide bonds. The molecule has 2 saturated carbocycles. The summed E-state index contributed by atoms with van der Waals surface area (Å²) in [5, 5.41) is 12.2. The van der Waals surface area contributed by atoms with Gasteiger partial charge in [0.2, 0.25) is 0 Å². The standard InChI is InChI=1S/C18H30N2O3/c21-16(22)14-4-6-15(7-5-14)19-17(23)20-12-10-18(11-13-20)8-2-1-3-9-18/h14-15H,1-13H2,(H,19,23)(H,21,22). The number of carbonyl (C=O) groups excluding carboxylic acids is 1. The predicted molar refractivity (Wildman–Crippen MR) is 88.2 cm³/mol. The van der Waals surface area contributed by atoms with E-state index in [0.29, 0.717) is 18.3 Å². The Hall–Kier alpha value is -1.26. The molecule has 0 aromatic rings. The number of urea groups is 1. The van der Waals surface area contributed by atoms with Gasteiger partial charge in [-0.25, -0.2) is 4.79 Å². The van der Waals surface area contributed by atoms with E-state index in [9.17, 15) is 9.59 Å². The molecule has 0 bridgehead atoms. The highest BCUT2D eigenvalue weighted by atomic mass is 16.4. The number of carboxylic acids is 1. The lowest BCUT2D eigenvalue weighted by Crippen LogP contribution is -2.50. The molecular formula is C18H30N2O3. The van der Waals surface area contributed by atoms with Gasteiger partial charge in [-0.2, -0.15) is 0 Å². The minimum absolute atomic E-state index is 0.0643. The Balaban J connectivity index is 1.42. The van der Waals surface area contributed by atoms with E-state index in [-0.39, 0.29) is 18.0 Å². The summed E-state index contributed by atoms with van der Waals surface area (Å²) in [5.41, 5.74) is 0.522. The molecule has 0 unspecified atom stereocenters. The van der Waals surface area contributed by atoms with Gasteiger partial charge in [0.25, 0.3) is 0 Å². The number of hydrogen-bond acceptors (Lipinski definition) is 2. The van der Waals surface area contributed by atoms with Crippen LogP contribution in [0.2, 0.25) is 0 Å². The molecule has 130 valence electrons. The van der Waals surface area contributed by atoms with Gasteiger partial charge >= 0.3 is 12.0 Å². The molecule has 3 rings (SSSR count). The maximum Gasteiger partial charge on any atom is 0.317 e. The van der Waals surface area contributed by atoms with Crippen LogP contribution in [0.1, 0.15) is 70.6 Å². The van der Waals surface area contributed by atoms with Crippen molar-refractivity contribution in [2.75, 3.05) is 13.1 Å². The maximum atomic E-state index is 12.5. The van der Waals surface area contributed by atoms with Crippen molar-refractivity contribution in [3.05, 3.63) is 0 Å². The molecule has 3 aliphatic rings. The molecule has 2 aliphatic carbocycles. The number of carbonyl (C=O) groups is 2. The summed E-state index contributed by atoms with van der Waals surface area (Å²) in [6, 6.07) is 0.220. The summed E-state index contributed by atoms with van der Waals surface area (Å²) in [7, 11) is 0. The van der Waals surface area contributed by atoms with E-state index in [4.69, 9.17) is 5.11 Å². The van der Waals surface area contributed by atoms with Crippen molar-refractivity contribution in [1.29, 1.82) is 0 Å². The van der Waals surface area contributed by atoms with Crippen LogP contribution in [0.25, 0.3) is 0 Å². The third-order valence-corrected chi connectivity index (χ3v) is 6.43. The molecule has 23 heavy (non-hydrogen) atoms. The highest BCUT2D eigenvalue weighted by molar-refractivity contribution is 5.75. The Bertz CT molecular complexity index is 428. The van der Waals surface area contributed by atoms with Crippen molar-refractivity contribution >= 4 is 12.0 Å². The number of nitrogens with one attached hydrogen (secondary N) is 1. The zero-order valence-electron chi connectivity index (χ0n) is 14.1. The number of hydrogen-bond donors (Lipinski definition) is 2. The molecule has 5 heteroatoms. The van der Waals surface area contributed by atoms with E-state index in [2.05, 4.69) is 5.32 Å². The van der Waals surface area contributed by atoms with Gasteiger partial charge in [-0.1, -0.05) is 19.3 Å². The summed E-state index contributed by atoms with van der Waals surface area (Å²) in [6.07, 6.45) is 12.1. The van der Waals surface area contributed by atoms with Gasteiger partial charge in [-0.05, 0) is 56.8 Å². The van der Waals surface area contributed by atoms with Gasteiger partial charge in [0.1, 0.15) is 0 Å². The van der Waals surface area contributed by atoms with E-state index in [1.54, 1.807) is 0 Å². The lowest BCUT2D eigenvalue weighted by molar-refractivity contribution is -0.142. The average Bonchev–Trinajstić information content (AvgIpc) is 2.56. The molecule has 0 aromatic heterocycles. The fourth-order valence-corrected chi connectivity index (χ4v) is 4.74. The topological polar surface area (TPSA) is 69.6 Å². The van der Waals surface area contributed by atoms with Crippen LogP contribution in [0.5, 0.6) is 0 Å². The Morgan fingerprint density at radius 1 is 0.913 bits per heavy atom. The van der Waals surface area contributed by atoms with Gasteiger partial charge < -0.3 is 15.3 Å². The lowest BCUT2D eigenvalue weighted by atomic mass is 9.68. The third-order valence-electron chi connectivity index (χ3n) is 6.43. The molecule has 1 aliphatic heterocycles. The van der Waals surface area contributed by atoms with Crippen LogP contribution in [-0.2, 0) is 4.79 Å². The maximum absolute atomic E-state index is 12.5. The van der Waals surface area contributed by atoms with Crippen molar-refractivity contribution in [2.24, 2.45) is 11.3 Å². The fourth-order valence-electron chi connectivity index (χ4n) is 4.74. The second-order valence-electron chi connectivity index (χ2n) is 7.88. The number of carboxylic acid groups (broad SMARTS) is 1. The van der Waals surface area contributed by atoms with Crippen molar-refractivity contribution in [2.45, 2.75) is 76.7 Å². The molecule has 3 fully saturated rings. The summed E-state index contributed by atoms with van der Waals surface area (Å²) in [6.45, 7) is 1.77. The number of aliphatic carboxylic acids is 1. The number of likely N-dealkylation sites (tertiary alicyclic amines) is 1. The first-order chi connectivity index (χ1) is 11.1. The van der Waals surface area contributed by atoms with E-state index >= 15 is 0 Å². The summed E-state index contributed by atoms with van der Waals surface area (Å²) >= 11 is 0. The van der Waals surface area contributed by atoms with Crippen molar-refractivity contribution in [3.8, 4) is 0 Å². The van der Waals surface area contributed by atoms with Gasteiger partial charge in [0.15, 0.2) is 0 Å². The quantitative estimate of drug-likeness (QED) is 0.819. The van der Waals surface area contributed by atoms with Gasteiger partial charge in [0, 0.05) is 19.1 Å². The molecule has 0 atom stereocenters. The smallest absolute Gasteiger partial charge is 0.317 e. The fraction of sp³-hybridized carbons (Fsp3) is 0.889. The number of rotatable bonds is 2. The largest absolute Gasteiger partial charge is 0.481 e. The van der Waals surface area contributed by atoms with Crippen LogP contribution in [0.3, 0.4) is 0 Å². The Kier molecular flexibility index (Phi) is 5.12. The lowest BCUT2D eigenvalue weighted by Gasteiger charge is -2.44. The van der Waals surface area contributed by atoms with E-state index in [1.165, 1.54) is 32.1 Å². The van der Waals surface area contributed by atoms with Crippen molar-refractivity contribution < 1.29 is 14.7 Å². The zero-order chi connectivity index (χ0) is 16.3. The Morgan fingerprint density at radius 3 is 2.09 bits per heavy atom. The Labute approximate surface area is 138 Å². The first kappa shape index (κ1) is 16.6. The minimum atomic E-state index is -0.691. The molecule has 0 radical (unpaired) electrons. The monoisotopic (exact) mass is 322 g/mol.